The van der Waals surface area contributed by atoms with Gasteiger partial charge in [0, 0.05) is 13.7 Å². The smallest absolute Gasteiger partial charge is 0.328 e. The largest absolute Gasteiger partial charge is 0.480 e. The average Bonchev–Trinajstić information content (AvgIpc) is 2.27. The number of aliphatic carboxylic acids is 1. The van der Waals surface area contributed by atoms with Crippen LogP contribution in [-0.2, 0) is 9.53 Å². The molecular weight excluding hydrogens is 248 g/mol. The van der Waals surface area contributed by atoms with Gasteiger partial charge in [-0.2, -0.15) is 0 Å². The number of carbonyl (C=O) groups is 2. The highest BCUT2D eigenvalue weighted by Gasteiger charge is 2.21. The lowest BCUT2D eigenvalue weighted by Crippen LogP contribution is -2.49. The summed E-state index contributed by atoms with van der Waals surface area (Å²) in [4.78, 5) is 22.5. The zero-order valence-corrected chi connectivity index (χ0v) is 12.4. The van der Waals surface area contributed by atoms with Gasteiger partial charge in [0.2, 0.25) is 0 Å². The van der Waals surface area contributed by atoms with Gasteiger partial charge in [-0.25, -0.2) is 9.59 Å². The number of carbonyl (C=O) groups excluding carboxylic acids is 1. The van der Waals surface area contributed by atoms with Gasteiger partial charge in [0.15, 0.2) is 6.04 Å². The molecule has 0 saturated heterocycles. The molecule has 0 aromatic carbocycles. The van der Waals surface area contributed by atoms with Crippen LogP contribution in [0, 0.1) is 17.8 Å². The Morgan fingerprint density at radius 1 is 1.16 bits per heavy atom. The van der Waals surface area contributed by atoms with Crippen LogP contribution in [0.1, 0.15) is 27.7 Å². The van der Waals surface area contributed by atoms with Crippen molar-refractivity contribution in [3.63, 3.8) is 0 Å². The maximum atomic E-state index is 11.6. The first kappa shape index (κ1) is 17.7. The van der Waals surface area contributed by atoms with Gasteiger partial charge in [-0.1, -0.05) is 27.7 Å². The second-order valence-electron chi connectivity index (χ2n) is 5.35. The molecule has 112 valence electrons. The Morgan fingerprint density at radius 3 is 2.05 bits per heavy atom. The summed E-state index contributed by atoms with van der Waals surface area (Å²) in [7, 11) is 1.39. The average molecular weight is 274 g/mol. The quantitative estimate of drug-likeness (QED) is 0.623. The van der Waals surface area contributed by atoms with Crippen molar-refractivity contribution in [2.75, 3.05) is 20.3 Å². The monoisotopic (exact) mass is 274 g/mol. The van der Waals surface area contributed by atoms with Crippen LogP contribution in [0.5, 0.6) is 0 Å². The van der Waals surface area contributed by atoms with E-state index < -0.39 is 18.0 Å². The first-order valence-electron chi connectivity index (χ1n) is 6.55. The van der Waals surface area contributed by atoms with Crippen molar-refractivity contribution in [1.29, 1.82) is 0 Å². The van der Waals surface area contributed by atoms with E-state index in [0.29, 0.717) is 24.3 Å². The van der Waals surface area contributed by atoms with Crippen molar-refractivity contribution >= 4 is 12.0 Å². The highest BCUT2D eigenvalue weighted by Crippen LogP contribution is 2.19. The molecule has 0 heterocycles. The van der Waals surface area contributed by atoms with E-state index in [1.807, 2.05) is 0 Å². The standard InChI is InChI=1S/C13H26N2O4/c1-8(2)10(9(3)4)6-14-13(18)15-11(7-19-5)12(16)17/h8-11H,6-7H2,1-5H3,(H,16,17)(H2,14,15,18). The SMILES string of the molecule is COCC(NC(=O)NCC(C(C)C)C(C)C)C(=O)O. The Morgan fingerprint density at radius 2 is 1.68 bits per heavy atom. The fourth-order valence-electron chi connectivity index (χ4n) is 2.00. The van der Waals surface area contributed by atoms with Crippen molar-refractivity contribution < 1.29 is 19.4 Å². The number of urea groups is 1. The maximum absolute atomic E-state index is 11.6. The number of hydrogen-bond donors (Lipinski definition) is 3. The third-order valence-electron chi connectivity index (χ3n) is 3.15. The molecule has 3 N–H and O–H groups in total. The molecule has 0 fully saturated rings. The Balaban J connectivity index is 4.26. The number of carboxylic acids is 1. The summed E-state index contributed by atoms with van der Waals surface area (Å²) in [5.41, 5.74) is 0. The van der Waals surface area contributed by atoms with E-state index in [1.165, 1.54) is 7.11 Å². The fraction of sp³-hybridized carbons (Fsp3) is 0.846. The van der Waals surface area contributed by atoms with E-state index >= 15 is 0 Å². The molecule has 2 amide bonds. The molecular formula is C13H26N2O4. The lowest BCUT2D eigenvalue weighted by molar-refractivity contribution is -0.140. The molecule has 0 aliphatic heterocycles. The van der Waals surface area contributed by atoms with Gasteiger partial charge in [-0.05, 0) is 17.8 Å². The molecule has 0 saturated carbocycles. The Hall–Kier alpha value is -1.30. The van der Waals surface area contributed by atoms with Crippen molar-refractivity contribution in [2.45, 2.75) is 33.7 Å². The molecule has 0 aromatic rings. The lowest BCUT2D eigenvalue weighted by Gasteiger charge is -2.25. The minimum absolute atomic E-state index is 0.0550. The molecule has 0 bridgehead atoms. The fourth-order valence-corrected chi connectivity index (χ4v) is 2.00. The Kier molecular flexibility index (Phi) is 8.14. The summed E-state index contributed by atoms with van der Waals surface area (Å²) in [6.07, 6.45) is 0. The molecule has 1 unspecified atom stereocenters. The second-order valence-corrected chi connectivity index (χ2v) is 5.35. The van der Waals surface area contributed by atoms with Gasteiger partial charge in [0.1, 0.15) is 0 Å². The summed E-state index contributed by atoms with van der Waals surface area (Å²) < 4.78 is 4.74. The van der Waals surface area contributed by atoms with Gasteiger partial charge in [0.05, 0.1) is 6.61 Å². The van der Waals surface area contributed by atoms with E-state index in [-0.39, 0.29) is 6.61 Å². The molecule has 0 aliphatic rings. The Bertz CT molecular complexity index is 284. The summed E-state index contributed by atoms with van der Waals surface area (Å²) in [6, 6.07) is -1.50. The van der Waals surface area contributed by atoms with Crippen molar-refractivity contribution in [3.8, 4) is 0 Å². The van der Waals surface area contributed by atoms with E-state index in [2.05, 4.69) is 38.3 Å². The van der Waals surface area contributed by atoms with Crippen LogP contribution in [0.25, 0.3) is 0 Å². The number of nitrogens with one attached hydrogen (secondary N) is 2. The van der Waals surface area contributed by atoms with E-state index in [9.17, 15) is 9.59 Å². The number of carboxylic acid groups (broad SMARTS) is 1. The van der Waals surface area contributed by atoms with Crippen molar-refractivity contribution in [1.82, 2.24) is 10.6 Å². The first-order valence-corrected chi connectivity index (χ1v) is 6.55. The van der Waals surface area contributed by atoms with Crippen LogP contribution >= 0.6 is 0 Å². The van der Waals surface area contributed by atoms with Gasteiger partial charge < -0.3 is 20.5 Å². The zero-order chi connectivity index (χ0) is 15.0. The van der Waals surface area contributed by atoms with Crippen molar-refractivity contribution in [2.24, 2.45) is 17.8 Å². The van der Waals surface area contributed by atoms with Crippen molar-refractivity contribution in [3.05, 3.63) is 0 Å². The molecule has 0 radical (unpaired) electrons. The maximum Gasteiger partial charge on any atom is 0.328 e. The molecule has 0 aliphatic carbocycles. The number of ether oxygens (including phenoxy) is 1. The minimum atomic E-state index is -1.11. The van der Waals surface area contributed by atoms with Crippen LogP contribution in [0.15, 0.2) is 0 Å². The van der Waals surface area contributed by atoms with Gasteiger partial charge in [0.25, 0.3) is 0 Å². The van der Waals surface area contributed by atoms with Crippen LogP contribution < -0.4 is 10.6 Å². The first-order chi connectivity index (χ1) is 8.79. The number of rotatable bonds is 8. The molecule has 0 spiro atoms. The third-order valence-corrected chi connectivity index (χ3v) is 3.15. The topological polar surface area (TPSA) is 87.7 Å². The van der Waals surface area contributed by atoms with Crippen LogP contribution in [0.4, 0.5) is 4.79 Å². The third kappa shape index (κ3) is 7.00. The zero-order valence-electron chi connectivity index (χ0n) is 12.4. The van der Waals surface area contributed by atoms with Crippen LogP contribution in [-0.4, -0.2) is 43.4 Å². The van der Waals surface area contributed by atoms with Gasteiger partial charge in [-0.15, -0.1) is 0 Å². The molecule has 0 rings (SSSR count). The predicted molar refractivity (Wildman–Crippen MR) is 73.0 cm³/mol. The number of methoxy groups -OCH3 is 1. The number of amides is 2. The summed E-state index contributed by atoms with van der Waals surface area (Å²) in [6.45, 7) is 8.90. The summed E-state index contributed by atoms with van der Waals surface area (Å²) in [5.74, 6) is 0.154. The molecule has 1 atom stereocenters. The van der Waals surface area contributed by atoms with Crippen LogP contribution in [0.3, 0.4) is 0 Å². The number of hydrogen-bond acceptors (Lipinski definition) is 3. The predicted octanol–water partition coefficient (Wildman–Crippen LogP) is 1.31. The van der Waals surface area contributed by atoms with Crippen LogP contribution in [0.2, 0.25) is 0 Å². The molecule has 6 nitrogen and oxygen atoms in total. The lowest BCUT2D eigenvalue weighted by atomic mass is 9.85. The van der Waals surface area contributed by atoms with E-state index in [1.54, 1.807) is 0 Å². The molecule has 6 heteroatoms. The summed E-state index contributed by atoms with van der Waals surface area (Å²) in [5, 5.41) is 14.0. The highest BCUT2D eigenvalue weighted by atomic mass is 16.5. The molecule has 19 heavy (non-hydrogen) atoms. The molecule has 0 aromatic heterocycles. The van der Waals surface area contributed by atoms with Gasteiger partial charge in [-0.3, -0.25) is 0 Å². The van der Waals surface area contributed by atoms with E-state index in [0.717, 1.165) is 0 Å². The van der Waals surface area contributed by atoms with E-state index in [4.69, 9.17) is 9.84 Å². The highest BCUT2D eigenvalue weighted by molar-refractivity contribution is 5.82. The summed E-state index contributed by atoms with van der Waals surface area (Å²) >= 11 is 0. The second kappa shape index (κ2) is 8.74. The Labute approximate surface area is 114 Å². The minimum Gasteiger partial charge on any atom is -0.480 e. The normalized spacial score (nSPS) is 12.8. The van der Waals surface area contributed by atoms with Gasteiger partial charge >= 0.3 is 12.0 Å².